The van der Waals surface area contributed by atoms with Gasteiger partial charge >= 0.3 is 5.97 Å². The smallest absolute Gasteiger partial charge is 0.354 e. The molecule has 0 saturated carbocycles. The van der Waals surface area contributed by atoms with Gasteiger partial charge in [-0.05, 0) is 50.5 Å². The van der Waals surface area contributed by atoms with Gasteiger partial charge in [0.05, 0.1) is 12.3 Å². The molecule has 1 unspecified atom stereocenters. The molecule has 9 heteroatoms. The molecule has 0 bridgehead atoms. The summed E-state index contributed by atoms with van der Waals surface area (Å²) in [6.07, 6.45) is 4.52. The van der Waals surface area contributed by atoms with Crippen LogP contribution in [0.5, 0.6) is 0 Å². The molecule has 36 heavy (non-hydrogen) atoms. The zero-order valence-electron chi connectivity index (χ0n) is 20.6. The zero-order chi connectivity index (χ0) is 25.1. The lowest BCUT2D eigenvalue weighted by Crippen LogP contribution is -2.39. The molecular weight excluding hydrogens is 456 g/mol. The summed E-state index contributed by atoms with van der Waals surface area (Å²) in [5, 5.41) is 18.0. The third-order valence-corrected chi connectivity index (χ3v) is 6.61. The molecule has 3 heterocycles. The van der Waals surface area contributed by atoms with E-state index in [-0.39, 0.29) is 24.6 Å². The highest BCUT2D eigenvalue weighted by Crippen LogP contribution is 2.29. The minimum absolute atomic E-state index is 0.163. The van der Waals surface area contributed by atoms with Crippen molar-refractivity contribution >= 4 is 29.0 Å². The molecule has 1 aromatic heterocycles. The van der Waals surface area contributed by atoms with Gasteiger partial charge in [-0.2, -0.15) is 5.10 Å². The maximum atomic E-state index is 13.5. The fourth-order valence-electron chi connectivity index (χ4n) is 4.68. The van der Waals surface area contributed by atoms with E-state index in [0.29, 0.717) is 5.69 Å². The normalized spacial score (nSPS) is 17.2. The number of esters is 1. The standard InChI is InChI=1S/C27H30N6O3/c1-3-36-27(35)22-17-23(33(31-22)20-10-6-4-7-11-20)26(34)28-21-16-19(14-13-18(21)2)25-30-29-24-12-8-5-9-15-32(24)25/h4,6-7,10-11,13-14,16,23H,3,5,8-9,12,15,17H2,1-2H3,(H,28,34). The van der Waals surface area contributed by atoms with Crippen molar-refractivity contribution in [3.8, 4) is 11.4 Å². The van der Waals surface area contributed by atoms with Crippen LogP contribution >= 0.6 is 0 Å². The molecule has 2 aliphatic heterocycles. The third-order valence-electron chi connectivity index (χ3n) is 6.61. The third kappa shape index (κ3) is 4.73. The molecule has 1 N–H and O–H groups in total. The number of aryl methyl sites for hydroxylation is 2. The molecular formula is C27H30N6O3. The van der Waals surface area contributed by atoms with Crippen molar-refractivity contribution in [2.45, 2.75) is 58.5 Å². The predicted octanol–water partition coefficient (Wildman–Crippen LogP) is 4.12. The number of carbonyl (C=O) groups excluding carboxylic acids is 2. The Bertz CT molecular complexity index is 1300. The monoisotopic (exact) mass is 486 g/mol. The van der Waals surface area contributed by atoms with E-state index in [1.807, 2.05) is 55.5 Å². The number of anilines is 2. The number of hydrogen-bond acceptors (Lipinski definition) is 7. The topological polar surface area (TPSA) is 102 Å². The Morgan fingerprint density at radius 1 is 1.08 bits per heavy atom. The number of amides is 1. The van der Waals surface area contributed by atoms with Crippen LogP contribution in [-0.2, 0) is 27.3 Å². The lowest BCUT2D eigenvalue weighted by atomic mass is 10.1. The molecule has 0 radical (unpaired) electrons. The van der Waals surface area contributed by atoms with Crippen molar-refractivity contribution in [2.24, 2.45) is 5.10 Å². The summed E-state index contributed by atoms with van der Waals surface area (Å²) >= 11 is 0. The van der Waals surface area contributed by atoms with Crippen LogP contribution in [0.1, 0.15) is 44.0 Å². The molecule has 0 saturated heterocycles. The van der Waals surface area contributed by atoms with Gasteiger partial charge in [0.2, 0.25) is 5.91 Å². The highest BCUT2D eigenvalue weighted by molar-refractivity contribution is 6.38. The lowest BCUT2D eigenvalue weighted by Gasteiger charge is -2.23. The number of carbonyl (C=O) groups is 2. The fourth-order valence-corrected chi connectivity index (χ4v) is 4.68. The molecule has 1 amide bonds. The molecule has 5 rings (SSSR count). The Kier molecular flexibility index (Phi) is 6.79. The van der Waals surface area contributed by atoms with Crippen molar-refractivity contribution in [3.63, 3.8) is 0 Å². The van der Waals surface area contributed by atoms with Crippen LogP contribution < -0.4 is 10.3 Å². The number of hydrazone groups is 1. The molecule has 2 aromatic carbocycles. The highest BCUT2D eigenvalue weighted by Gasteiger charge is 2.37. The van der Waals surface area contributed by atoms with Gasteiger partial charge in [-0.3, -0.25) is 9.80 Å². The Hall–Kier alpha value is -4.01. The summed E-state index contributed by atoms with van der Waals surface area (Å²) in [4.78, 5) is 25.9. The number of nitrogens with one attached hydrogen (secondary N) is 1. The Morgan fingerprint density at radius 2 is 1.92 bits per heavy atom. The summed E-state index contributed by atoms with van der Waals surface area (Å²) < 4.78 is 7.33. The number of aromatic nitrogens is 3. The van der Waals surface area contributed by atoms with Gasteiger partial charge in [-0.1, -0.05) is 36.8 Å². The molecule has 1 atom stereocenters. The van der Waals surface area contributed by atoms with Crippen molar-refractivity contribution in [2.75, 3.05) is 16.9 Å². The molecule has 0 fully saturated rings. The lowest BCUT2D eigenvalue weighted by molar-refractivity contribution is -0.135. The molecule has 0 aliphatic carbocycles. The van der Waals surface area contributed by atoms with Crippen LogP contribution in [0.2, 0.25) is 0 Å². The fraction of sp³-hybridized carbons (Fsp3) is 0.370. The summed E-state index contributed by atoms with van der Waals surface area (Å²) in [5.74, 6) is 1.09. The first-order valence-corrected chi connectivity index (χ1v) is 12.5. The maximum Gasteiger partial charge on any atom is 0.354 e. The minimum Gasteiger partial charge on any atom is -0.461 e. The first-order valence-electron chi connectivity index (χ1n) is 12.5. The van der Waals surface area contributed by atoms with E-state index in [0.717, 1.165) is 54.3 Å². The van der Waals surface area contributed by atoms with Crippen molar-refractivity contribution in [1.82, 2.24) is 14.8 Å². The Morgan fingerprint density at radius 3 is 2.72 bits per heavy atom. The van der Waals surface area contributed by atoms with Crippen LogP contribution in [0.3, 0.4) is 0 Å². The van der Waals surface area contributed by atoms with Crippen molar-refractivity contribution in [3.05, 3.63) is 59.9 Å². The number of para-hydroxylation sites is 1. The van der Waals surface area contributed by atoms with Crippen LogP contribution in [0, 0.1) is 6.92 Å². The van der Waals surface area contributed by atoms with Gasteiger partial charge in [0.25, 0.3) is 0 Å². The van der Waals surface area contributed by atoms with Crippen LogP contribution in [-0.4, -0.2) is 45.0 Å². The number of benzene rings is 2. The molecule has 9 nitrogen and oxygen atoms in total. The molecule has 0 spiro atoms. The Balaban J connectivity index is 1.41. The van der Waals surface area contributed by atoms with E-state index in [9.17, 15) is 9.59 Å². The SMILES string of the molecule is CCOC(=O)C1=NN(c2ccccc2)C(C(=O)Nc2cc(-c3nnc4n3CCCCC4)ccc2C)C1. The molecule has 2 aliphatic rings. The maximum absolute atomic E-state index is 13.5. The van der Waals surface area contributed by atoms with Gasteiger partial charge in [0, 0.05) is 30.6 Å². The largest absolute Gasteiger partial charge is 0.461 e. The second-order valence-electron chi connectivity index (χ2n) is 9.09. The molecule has 3 aromatic rings. The van der Waals surface area contributed by atoms with Crippen LogP contribution in [0.25, 0.3) is 11.4 Å². The van der Waals surface area contributed by atoms with Gasteiger partial charge < -0.3 is 14.6 Å². The van der Waals surface area contributed by atoms with E-state index in [2.05, 4.69) is 25.2 Å². The number of hydrogen-bond donors (Lipinski definition) is 1. The van der Waals surface area contributed by atoms with Gasteiger partial charge in [-0.15, -0.1) is 10.2 Å². The first-order chi connectivity index (χ1) is 17.5. The Labute approximate surface area is 210 Å². The van der Waals surface area contributed by atoms with Gasteiger partial charge in [-0.25, -0.2) is 4.79 Å². The summed E-state index contributed by atoms with van der Waals surface area (Å²) in [7, 11) is 0. The number of nitrogens with zero attached hydrogens (tertiary/aromatic N) is 5. The number of rotatable bonds is 6. The minimum atomic E-state index is -0.681. The van der Waals surface area contributed by atoms with Crippen molar-refractivity contribution in [1.29, 1.82) is 0 Å². The zero-order valence-corrected chi connectivity index (χ0v) is 20.6. The number of ether oxygens (including phenoxy) is 1. The van der Waals surface area contributed by atoms with Crippen LogP contribution in [0.4, 0.5) is 11.4 Å². The molecule has 186 valence electrons. The van der Waals surface area contributed by atoms with E-state index in [4.69, 9.17) is 4.74 Å². The van der Waals surface area contributed by atoms with Gasteiger partial charge in [0.1, 0.15) is 17.6 Å². The average Bonchev–Trinajstić information content (AvgIpc) is 3.44. The van der Waals surface area contributed by atoms with Crippen LogP contribution in [0.15, 0.2) is 53.6 Å². The van der Waals surface area contributed by atoms with Gasteiger partial charge in [0.15, 0.2) is 5.82 Å². The second kappa shape index (κ2) is 10.3. The quantitative estimate of drug-likeness (QED) is 0.526. The van der Waals surface area contributed by atoms with E-state index < -0.39 is 12.0 Å². The summed E-state index contributed by atoms with van der Waals surface area (Å²) in [6.45, 7) is 4.85. The van der Waals surface area contributed by atoms with E-state index in [1.54, 1.807) is 11.9 Å². The summed E-state index contributed by atoms with van der Waals surface area (Å²) in [5.41, 5.74) is 3.50. The number of fused-ring (bicyclic) bond motifs is 1. The highest BCUT2D eigenvalue weighted by atomic mass is 16.5. The summed E-state index contributed by atoms with van der Waals surface area (Å²) in [6, 6.07) is 14.6. The predicted molar refractivity (Wildman–Crippen MR) is 138 cm³/mol. The average molecular weight is 487 g/mol. The first kappa shape index (κ1) is 23.7. The van der Waals surface area contributed by atoms with E-state index in [1.165, 1.54) is 6.42 Å². The van der Waals surface area contributed by atoms with E-state index >= 15 is 0 Å². The second-order valence-corrected chi connectivity index (χ2v) is 9.09. The van der Waals surface area contributed by atoms with Crippen molar-refractivity contribution < 1.29 is 14.3 Å².